The van der Waals surface area contributed by atoms with E-state index in [0.29, 0.717) is 29.0 Å². The summed E-state index contributed by atoms with van der Waals surface area (Å²) in [7, 11) is 0. The van der Waals surface area contributed by atoms with Gasteiger partial charge in [-0.05, 0) is 42.3 Å². The van der Waals surface area contributed by atoms with E-state index in [9.17, 15) is 14.0 Å². The van der Waals surface area contributed by atoms with Gasteiger partial charge in [-0.1, -0.05) is 48.5 Å². The first-order chi connectivity index (χ1) is 16.0. The summed E-state index contributed by atoms with van der Waals surface area (Å²) in [4.78, 5) is 31.2. The molecule has 0 N–H and O–H groups in total. The van der Waals surface area contributed by atoms with E-state index < -0.39 is 0 Å². The fraction of sp³-hybridized carbons (Fsp3) is 0.115. The Morgan fingerprint density at radius 2 is 1.55 bits per heavy atom. The normalized spacial score (nSPS) is 11.2. The third-order valence-corrected chi connectivity index (χ3v) is 5.77. The number of aryl methyl sites for hydroxylation is 1. The molecule has 0 saturated carbocycles. The molecular formula is C26H21FN4O2. The summed E-state index contributed by atoms with van der Waals surface area (Å²) in [5.74, 6) is 0.140. The predicted molar refractivity (Wildman–Crippen MR) is 125 cm³/mol. The van der Waals surface area contributed by atoms with E-state index in [1.165, 1.54) is 22.9 Å². The Bertz CT molecular complexity index is 1550. The SMILES string of the molecule is Cc1c2c(=O)n(-c3ccccn3)n(Cc3ccccc3)c2cc(=O)n1Cc1ccc(F)cc1. The molecule has 0 unspecified atom stereocenters. The summed E-state index contributed by atoms with van der Waals surface area (Å²) < 4.78 is 18.2. The molecule has 164 valence electrons. The fourth-order valence-electron chi connectivity index (χ4n) is 4.13. The van der Waals surface area contributed by atoms with Crippen LogP contribution < -0.4 is 11.1 Å². The first-order valence-corrected chi connectivity index (χ1v) is 10.6. The van der Waals surface area contributed by atoms with Gasteiger partial charge in [0, 0.05) is 18.0 Å². The summed E-state index contributed by atoms with van der Waals surface area (Å²) in [5, 5.41) is 0.457. The van der Waals surface area contributed by atoms with Crippen LogP contribution in [0.15, 0.2) is 94.6 Å². The van der Waals surface area contributed by atoms with Gasteiger partial charge >= 0.3 is 0 Å². The van der Waals surface area contributed by atoms with Crippen molar-refractivity contribution in [2.75, 3.05) is 0 Å². The van der Waals surface area contributed by atoms with Gasteiger partial charge in [-0.25, -0.2) is 9.37 Å². The van der Waals surface area contributed by atoms with Crippen molar-refractivity contribution in [3.63, 3.8) is 0 Å². The van der Waals surface area contributed by atoms with Gasteiger partial charge in [0.2, 0.25) is 0 Å². The van der Waals surface area contributed by atoms with Crippen molar-refractivity contribution in [1.29, 1.82) is 0 Å². The van der Waals surface area contributed by atoms with E-state index in [-0.39, 0.29) is 23.5 Å². The predicted octanol–water partition coefficient (Wildman–Crippen LogP) is 3.89. The molecule has 0 aliphatic rings. The second-order valence-corrected chi connectivity index (χ2v) is 7.89. The van der Waals surface area contributed by atoms with Crippen LogP contribution in [0.25, 0.3) is 16.7 Å². The van der Waals surface area contributed by atoms with Crippen LogP contribution in [0.3, 0.4) is 0 Å². The molecule has 0 aliphatic heterocycles. The minimum absolute atomic E-state index is 0.232. The maximum Gasteiger partial charge on any atom is 0.282 e. The molecule has 7 heteroatoms. The first-order valence-electron chi connectivity index (χ1n) is 10.6. The largest absolute Gasteiger partial charge is 0.308 e. The maximum atomic E-state index is 13.7. The highest BCUT2D eigenvalue weighted by molar-refractivity contribution is 5.81. The van der Waals surface area contributed by atoms with Gasteiger partial charge in [0.25, 0.3) is 11.1 Å². The summed E-state index contributed by atoms with van der Waals surface area (Å²) in [6, 6.07) is 22.6. The number of rotatable bonds is 5. The molecule has 5 aromatic rings. The molecule has 3 heterocycles. The van der Waals surface area contributed by atoms with Gasteiger partial charge in [-0.2, -0.15) is 4.68 Å². The van der Waals surface area contributed by atoms with Crippen LogP contribution in [0.2, 0.25) is 0 Å². The molecule has 0 saturated heterocycles. The van der Waals surface area contributed by atoms with E-state index >= 15 is 0 Å². The number of nitrogens with zero attached hydrogens (tertiary/aromatic N) is 4. The number of hydrogen-bond donors (Lipinski definition) is 0. The van der Waals surface area contributed by atoms with Crippen LogP contribution in [0.5, 0.6) is 0 Å². The summed E-state index contributed by atoms with van der Waals surface area (Å²) in [5.41, 5.74) is 2.40. The second kappa shape index (κ2) is 8.35. The Kier molecular flexibility index (Phi) is 5.22. The Morgan fingerprint density at radius 1 is 0.848 bits per heavy atom. The standard InChI is InChI=1S/C26H21FN4O2/c1-18-25-22(15-24(32)29(18)16-20-10-12-21(27)13-11-20)30(17-19-7-3-2-4-8-19)31(26(25)33)23-9-5-6-14-28-23/h2-15H,16-17H2,1H3. The van der Waals surface area contributed by atoms with Crippen molar-refractivity contribution < 1.29 is 4.39 Å². The molecule has 2 aromatic carbocycles. The Hall–Kier alpha value is -4.26. The topological polar surface area (TPSA) is 61.8 Å². The second-order valence-electron chi connectivity index (χ2n) is 7.89. The molecular weight excluding hydrogens is 419 g/mol. The lowest BCUT2D eigenvalue weighted by atomic mass is 10.2. The average molecular weight is 440 g/mol. The van der Waals surface area contributed by atoms with Gasteiger partial charge in [0.05, 0.1) is 24.0 Å². The summed E-state index contributed by atoms with van der Waals surface area (Å²) in [6.07, 6.45) is 1.63. The van der Waals surface area contributed by atoms with Crippen LogP contribution in [0.4, 0.5) is 4.39 Å². The zero-order chi connectivity index (χ0) is 22.9. The number of pyridine rings is 2. The molecule has 0 aliphatic carbocycles. The minimum atomic E-state index is -0.338. The Morgan fingerprint density at radius 3 is 2.24 bits per heavy atom. The number of fused-ring (bicyclic) bond motifs is 1. The number of aromatic nitrogens is 4. The van der Waals surface area contributed by atoms with Gasteiger partial charge in [-0.3, -0.25) is 14.3 Å². The molecule has 0 amide bonds. The molecule has 0 fully saturated rings. The molecule has 0 radical (unpaired) electrons. The van der Waals surface area contributed by atoms with Gasteiger partial charge in [0.15, 0.2) is 5.82 Å². The number of halogens is 1. The number of hydrogen-bond acceptors (Lipinski definition) is 3. The maximum absolute atomic E-state index is 13.7. The van der Waals surface area contributed by atoms with Crippen LogP contribution in [-0.2, 0) is 13.1 Å². The number of benzene rings is 2. The zero-order valence-corrected chi connectivity index (χ0v) is 18.0. The van der Waals surface area contributed by atoms with Crippen molar-refractivity contribution in [3.05, 3.63) is 128 Å². The molecule has 5 rings (SSSR count). The van der Waals surface area contributed by atoms with Crippen molar-refractivity contribution >= 4 is 10.9 Å². The van der Waals surface area contributed by atoms with Crippen LogP contribution in [0.1, 0.15) is 16.8 Å². The smallest absolute Gasteiger partial charge is 0.282 e. The highest BCUT2D eigenvalue weighted by Gasteiger charge is 2.20. The van der Waals surface area contributed by atoms with Gasteiger partial charge in [0.1, 0.15) is 5.82 Å². The van der Waals surface area contributed by atoms with E-state index in [1.807, 2.05) is 36.4 Å². The van der Waals surface area contributed by atoms with Crippen LogP contribution >= 0.6 is 0 Å². The first kappa shape index (κ1) is 20.6. The highest BCUT2D eigenvalue weighted by atomic mass is 19.1. The lowest BCUT2D eigenvalue weighted by Gasteiger charge is -2.13. The molecule has 0 atom stereocenters. The van der Waals surface area contributed by atoms with E-state index in [4.69, 9.17) is 0 Å². The lowest BCUT2D eigenvalue weighted by Crippen LogP contribution is -2.24. The zero-order valence-electron chi connectivity index (χ0n) is 18.0. The van der Waals surface area contributed by atoms with Crippen LogP contribution in [-0.4, -0.2) is 18.9 Å². The molecule has 3 aromatic heterocycles. The molecule has 33 heavy (non-hydrogen) atoms. The Labute approximate surface area is 188 Å². The lowest BCUT2D eigenvalue weighted by molar-refractivity contribution is 0.602. The van der Waals surface area contributed by atoms with E-state index in [0.717, 1.165) is 11.1 Å². The van der Waals surface area contributed by atoms with E-state index in [1.54, 1.807) is 46.6 Å². The monoisotopic (exact) mass is 440 g/mol. The Balaban J connectivity index is 1.75. The molecule has 0 spiro atoms. The third kappa shape index (κ3) is 3.78. The quantitative estimate of drug-likeness (QED) is 0.417. The van der Waals surface area contributed by atoms with Gasteiger partial charge < -0.3 is 4.57 Å². The molecule has 6 nitrogen and oxygen atoms in total. The van der Waals surface area contributed by atoms with Crippen molar-refractivity contribution in [1.82, 2.24) is 18.9 Å². The summed E-state index contributed by atoms with van der Waals surface area (Å²) in [6.45, 7) is 2.41. The minimum Gasteiger partial charge on any atom is -0.308 e. The summed E-state index contributed by atoms with van der Waals surface area (Å²) >= 11 is 0. The van der Waals surface area contributed by atoms with Crippen molar-refractivity contribution in [3.8, 4) is 5.82 Å². The van der Waals surface area contributed by atoms with Gasteiger partial charge in [-0.15, -0.1) is 0 Å². The fourth-order valence-corrected chi connectivity index (χ4v) is 4.13. The van der Waals surface area contributed by atoms with Crippen molar-refractivity contribution in [2.45, 2.75) is 20.0 Å². The highest BCUT2D eigenvalue weighted by Crippen LogP contribution is 2.19. The third-order valence-electron chi connectivity index (χ3n) is 5.77. The molecule has 0 bridgehead atoms. The van der Waals surface area contributed by atoms with Crippen molar-refractivity contribution in [2.24, 2.45) is 0 Å². The van der Waals surface area contributed by atoms with E-state index in [2.05, 4.69) is 4.98 Å². The average Bonchev–Trinajstić information content (AvgIpc) is 3.10. The van der Waals surface area contributed by atoms with Crippen LogP contribution in [0, 0.1) is 12.7 Å².